The molecule has 0 aliphatic heterocycles. The van der Waals surface area contributed by atoms with Gasteiger partial charge in [0.15, 0.2) is 0 Å². The third kappa shape index (κ3) is 4.77. The SMILES string of the molecule is CCOC(=O)C(F)(F)P(=O)(OC1CCCCC1)OC1CCCCC1. The molecule has 0 unspecified atom stereocenters. The molecule has 0 radical (unpaired) electrons. The third-order valence-corrected chi connectivity index (χ3v) is 6.57. The van der Waals surface area contributed by atoms with Gasteiger partial charge in [-0.3, -0.25) is 4.57 Å². The van der Waals surface area contributed by atoms with Crippen molar-refractivity contribution < 1.29 is 31.9 Å². The van der Waals surface area contributed by atoms with Gasteiger partial charge in [0.05, 0.1) is 18.8 Å². The lowest BCUT2D eigenvalue weighted by Gasteiger charge is -2.33. The number of ether oxygens (including phenoxy) is 1. The molecule has 0 saturated heterocycles. The van der Waals surface area contributed by atoms with Crippen LogP contribution in [0.15, 0.2) is 0 Å². The number of hydrogen-bond donors (Lipinski definition) is 0. The van der Waals surface area contributed by atoms with Gasteiger partial charge in [-0.05, 0) is 32.6 Å². The molecule has 140 valence electrons. The molecule has 0 atom stereocenters. The van der Waals surface area contributed by atoms with E-state index >= 15 is 0 Å². The normalized spacial score (nSPS) is 21.6. The van der Waals surface area contributed by atoms with Gasteiger partial charge >= 0.3 is 19.2 Å². The van der Waals surface area contributed by atoms with E-state index < -0.39 is 31.4 Å². The number of carbonyl (C=O) groups excluding carboxylic acids is 1. The zero-order valence-electron chi connectivity index (χ0n) is 14.2. The molecule has 5 nitrogen and oxygen atoms in total. The summed E-state index contributed by atoms with van der Waals surface area (Å²) in [6.45, 7) is 1.20. The number of carbonyl (C=O) groups is 1. The van der Waals surface area contributed by atoms with Gasteiger partial charge in [-0.15, -0.1) is 0 Å². The van der Waals surface area contributed by atoms with Gasteiger partial charge in [-0.2, -0.15) is 8.78 Å². The molecule has 0 N–H and O–H groups in total. The molecular formula is C16H27F2O5P. The average Bonchev–Trinajstić information content (AvgIpc) is 2.56. The van der Waals surface area contributed by atoms with Crippen LogP contribution in [0.2, 0.25) is 0 Å². The monoisotopic (exact) mass is 368 g/mol. The van der Waals surface area contributed by atoms with Crippen LogP contribution in [0.25, 0.3) is 0 Å². The van der Waals surface area contributed by atoms with Crippen molar-refractivity contribution in [2.45, 2.75) is 89.0 Å². The van der Waals surface area contributed by atoms with Gasteiger partial charge in [0.25, 0.3) is 0 Å². The quantitative estimate of drug-likeness (QED) is 0.466. The van der Waals surface area contributed by atoms with E-state index in [1.54, 1.807) is 0 Å². The lowest BCUT2D eigenvalue weighted by atomic mass is 9.98. The van der Waals surface area contributed by atoms with E-state index in [9.17, 15) is 18.1 Å². The lowest BCUT2D eigenvalue weighted by molar-refractivity contribution is -0.163. The molecule has 2 aliphatic rings. The summed E-state index contributed by atoms with van der Waals surface area (Å²) in [5.74, 6) is -1.83. The van der Waals surface area contributed by atoms with Crippen molar-refractivity contribution in [2.75, 3.05) is 6.61 Å². The molecule has 2 aliphatic carbocycles. The van der Waals surface area contributed by atoms with Crippen LogP contribution in [0, 0.1) is 0 Å². The van der Waals surface area contributed by atoms with Crippen LogP contribution < -0.4 is 0 Å². The van der Waals surface area contributed by atoms with Crippen molar-refractivity contribution in [3.63, 3.8) is 0 Å². The molecule has 2 rings (SSSR count). The van der Waals surface area contributed by atoms with Gasteiger partial charge < -0.3 is 13.8 Å². The number of halogens is 2. The fraction of sp³-hybridized carbons (Fsp3) is 0.938. The highest BCUT2D eigenvalue weighted by Crippen LogP contribution is 2.65. The van der Waals surface area contributed by atoms with Crippen molar-refractivity contribution in [3.05, 3.63) is 0 Å². The van der Waals surface area contributed by atoms with Crippen molar-refractivity contribution in [1.82, 2.24) is 0 Å². The maximum Gasteiger partial charge on any atom is 0.440 e. The summed E-state index contributed by atoms with van der Waals surface area (Å²) in [7, 11) is -4.95. The summed E-state index contributed by atoms with van der Waals surface area (Å²) >= 11 is 0. The Hall–Kier alpha value is -0.520. The van der Waals surface area contributed by atoms with E-state index in [2.05, 4.69) is 4.74 Å². The molecule has 0 heterocycles. The molecule has 0 aromatic rings. The molecule has 2 fully saturated rings. The van der Waals surface area contributed by atoms with Gasteiger partial charge in [-0.25, -0.2) is 4.79 Å². The summed E-state index contributed by atoms with van der Waals surface area (Å²) in [6.07, 6.45) is 6.42. The number of esters is 1. The molecule has 8 heteroatoms. The minimum atomic E-state index is -4.95. The summed E-state index contributed by atoms with van der Waals surface area (Å²) in [5, 5.41) is 0. The second kappa shape index (κ2) is 8.72. The van der Waals surface area contributed by atoms with E-state index in [0.717, 1.165) is 38.5 Å². The minimum absolute atomic E-state index is 0.221. The van der Waals surface area contributed by atoms with Crippen molar-refractivity contribution >= 4 is 13.6 Å². The van der Waals surface area contributed by atoms with Crippen LogP contribution in [-0.2, 0) is 23.1 Å². The van der Waals surface area contributed by atoms with E-state index in [1.807, 2.05) is 0 Å². The molecule has 0 aromatic carbocycles. The number of rotatable bonds is 7. The largest absolute Gasteiger partial charge is 0.461 e. The summed E-state index contributed by atoms with van der Waals surface area (Å²) < 4.78 is 57.1. The summed E-state index contributed by atoms with van der Waals surface area (Å²) in [5.41, 5.74) is -4.28. The van der Waals surface area contributed by atoms with E-state index in [0.29, 0.717) is 25.7 Å². The molecular weight excluding hydrogens is 341 g/mol. The second-order valence-electron chi connectivity index (χ2n) is 6.49. The van der Waals surface area contributed by atoms with Crippen LogP contribution >= 0.6 is 7.60 Å². The molecule has 0 bridgehead atoms. The Kier molecular flexibility index (Phi) is 7.20. The predicted octanol–water partition coefficient (Wildman–Crippen LogP) is 5.03. The van der Waals surface area contributed by atoms with Crippen LogP contribution in [0.3, 0.4) is 0 Å². The molecule has 0 aromatic heterocycles. The first kappa shape index (κ1) is 19.8. The topological polar surface area (TPSA) is 61.8 Å². The Morgan fingerprint density at radius 1 is 0.958 bits per heavy atom. The second-order valence-corrected chi connectivity index (χ2v) is 8.47. The van der Waals surface area contributed by atoms with Crippen LogP contribution in [0.1, 0.15) is 71.1 Å². The Bertz CT molecular complexity index is 435. The third-order valence-electron chi connectivity index (χ3n) is 4.55. The van der Waals surface area contributed by atoms with Gasteiger partial charge in [0, 0.05) is 0 Å². The summed E-state index contributed by atoms with van der Waals surface area (Å²) in [6, 6.07) is 0. The first-order valence-corrected chi connectivity index (χ1v) is 10.5. The predicted molar refractivity (Wildman–Crippen MR) is 85.1 cm³/mol. The molecule has 2 saturated carbocycles. The van der Waals surface area contributed by atoms with Crippen LogP contribution in [0.4, 0.5) is 8.78 Å². The highest BCUT2D eigenvalue weighted by molar-refractivity contribution is 7.56. The van der Waals surface area contributed by atoms with Crippen molar-refractivity contribution in [2.24, 2.45) is 0 Å². The lowest BCUT2D eigenvalue weighted by Crippen LogP contribution is -2.36. The highest BCUT2D eigenvalue weighted by atomic mass is 31.2. The van der Waals surface area contributed by atoms with Gasteiger partial charge in [0.1, 0.15) is 0 Å². The maximum atomic E-state index is 14.6. The minimum Gasteiger partial charge on any atom is -0.461 e. The van der Waals surface area contributed by atoms with Gasteiger partial charge in [-0.1, -0.05) is 38.5 Å². The smallest absolute Gasteiger partial charge is 0.440 e. The van der Waals surface area contributed by atoms with Gasteiger partial charge in [0.2, 0.25) is 0 Å². The Morgan fingerprint density at radius 2 is 1.38 bits per heavy atom. The van der Waals surface area contributed by atoms with E-state index in [1.165, 1.54) is 6.92 Å². The first-order valence-electron chi connectivity index (χ1n) is 8.91. The summed E-state index contributed by atoms with van der Waals surface area (Å²) in [4.78, 5) is 11.7. The van der Waals surface area contributed by atoms with Crippen molar-refractivity contribution in [1.29, 1.82) is 0 Å². The van der Waals surface area contributed by atoms with Crippen LogP contribution in [0.5, 0.6) is 0 Å². The fourth-order valence-corrected chi connectivity index (χ4v) is 5.03. The molecule has 0 spiro atoms. The zero-order chi connectivity index (χ0) is 17.6. The zero-order valence-corrected chi connectivity index (χ0v) is 15.1. The first-order chi connectivity index (χ1) is 11.4. The van der Waals surface area contributed by atoms with Crippen molar-refractivity contribution in [3.8, 4) is 0 Å². The Morgan fingerprint density at radius 3 is 1.75 bits per heavy atom. The van der Waals surface area contributed by atoms with E-state index in [-0.39, 0.29) is 6.61 Å². The number of alkyl halides is 2. The number of hydrogen-bond acceptors (Lipinski definition) is 5. The van der Waals surface area contributed by atoms with Crippen LogP contribution in [-0.4, -0.2) is 30.4 Å². The fourth-order valence-electron chi connectivity index (χ4n) is 3.22. The Balaban J connectivity index is 2.17. The average molecular weight is 368 g/mol. The molecule has 0 amide bonds. The highest BCUT2D eigenvalue weighted by Gasteiger charge is 2.63. The standard InChI is InChI=1S/C16H27F2O5P/c1-2-21-15(19)16(17,18)24(20,22-13-9-5-3-6-10-13)23-14-11-7-4-8-12-14/h13-14H,2-12H2,1H3. The van der Waals surface area contributed by atoms with E-state index in [4.69, 9.17) is 9.05 Å². The maximum absolute atomic E-state index is 14.6. The Labute approximate surface area is 141 Å². The molecule has 24 heavy (non-hydrogen) atoms.